The van der Waals surface area contributed by atoms with Crippen molar-refractivity contribution >= 4 is 22.9 Å². The van der Waals surface area contributed by atoms with Gasteiger partial charge in [0.2, 0.25) is 0 Å². The van der Waals surface area contributed by atoms with Gasteiger partial charge in [0.15, 0.2) is 0 Å². The second-order valence-electron chi connectivity index (χ2n) is 5.91. The van der Waals surface area contributed by atoms with Gasteiger partial charge in [0.1, 0.15) is 0 Å². The van der Waals surface area contributed by atoms with Crippen LogP contribution in [-0.4, -0.2) is 6.29 Å². The number of furan rings is 1. The Labute approximate surface area is 175 Å². The second-order valence-corrected chi connectivity index (χ2v) is 5.91. The molecule has 2 N–H and O–H groups in total. The first-order chi connectivity index (χ1) is 10.2. The number of rotatable bonds is 1. The fourth-order valence-corrected chi connectivity index (χ4v) is 3.71. The van der Waals surface area contributed by atoms with Gasteiger partial charge < -0.3 is 19.8 Å². The molecule has 1 aliphatic heterocycles. The molecule has 23 heavy (non-hydrogen) atoms. The van der Waals surface area contributed by atoms with E-state index in [1.807, 2.05) is 12.4 Å². The number of carbonyl (C=O) groups excluding carboxylic acids is 1. The summed E-state index contributed by atoms with van der Waals surface area (Å²) in [5.41, 5.74) is 2.58. The Balaban J connectivity index is 0.000000960. The Morgan fingerprint density at radius 2 is 2.04 bits per heavy atom. The summed E-state index contributed by atoms with van der Waals surface area (Å²) in [6.07, 6.45) is 7.50. The summed E-state index contributed by atoms with van der Waals surface area (Å²) in [4.78, 5) is 10.9. The molecule has 1 fully saturated rings. The molecule has 0 amide bonds. The predicted octanol–water partition coefficient (Wildman–Crippen LogP) is 3.33. The second kappa shape index (κ2) is 7.21. The fraction of sp³-hybridized carbons (Fsp3) is 0.353. The summed E-state index contributed by atoms with van der Waals surface area (Å²) in [5.74, 6) is 1.04. The van der Waals surface area contributed by atoms with Crippen molar-refractivity contribution in [1.82, 2.24) is 5.32 Å². The molecular weight excluding hydrogens is 537 g/mol. The van der Waals surface area contributed by atoms with E-state index in [0.29, 0.717) is 0 Å². The van der Waals surface area contributed by atoms with E-state index in [-0.39, 0.29) is 65.1 Å². The molecule has 117 valence electrons. The number of nitrogens with one attached hydrogen (secondary N) is 2. The van der Waals surface area contributed by atoms with Crippen molar-refractivity contribution < 1.29 is 63.0 Å². The number of hydrogen-bond acceptors (Lipinski definition) is 4. The van der Waals surface area contributed by atoms with E-state index in [2.05, 4.69) is 23.3 Å². The Bertz CT molecular complexity index is 750. The van der Waals surface area contributed by atoms with Crippen molar-refractivity contribution in [3.63, 3.8) is 0 Å². The summed E-state index contributed by atoms with van der Waals surface area (Å²) in [5, 5.41) is 7.65. The summed E-state index contributed by atoms with van der Waals surface area (Å²) in [6, 6.07) is 6.84. The third kappa shape index (κ3) is 3.10. The van der Waals surface area contributed by atoms with Crippen LogP contribution in [0, 0.1) is 6.07 Å². The maximum Gasteiger partial charge on any atom is 0.0937 e. The summed E-state index contributed by atoms with van der Waals surface area (Å²) in [7, 11) is 0. The number of hydrogen-bond donors (Lipinski definition) is 2. The van der Waals surface area contributed by atoms with E-state index in [4.69, 9.17) is 4.42 Å². The van der Waals surface area contributed by atoms with Crippen LogP contribution in [0.4, 0.5) is 5.69 Å². The van der Waals surface area contributed by atoms with Gasteiger partial charge >= 0.3 is 0 Å². The topological polar surface area (TPSA) is 54.3 Å². The van der Waals surface area contributed by atoms with E-state index in [1.54, 1.807) is 6.07 Å². The Hall–Kier alpha value is -0.438. The van der Waals surface area contributed by atoms with Gasteiger partial charge in [-0.05, 0) is 18.6 Å². The number of fused-ring (bicyclic) bond motifs is 4. The molecule has 4 nitrogen and oxygen atoms in total. The summed E-state index contributed by atoms with van der Waals surface area (Å²) in [6.45, 7) is 4.03. The Morgan fingerprint density at radius 3 is 2.74 bits per heavy atom. The molecule has 1 saturated carbocycles. The SMILES string of the molecule is C=C1Nc2[c-]cc3cc([C-]=O)oc3c2C2(CCCCC2)N1.[W].[Y]. The van der Waals surface area contributed by atoms with Crippen LogP contribution in [0.25, 0.3) is 11.0 Å². The molecule has 1 radical (unpaired) electrons. The summed E-state index contributed by atoms with van der Waals surface area (Å²) >= 11 is 0. The fourth-order valence-electron chi connectivity index (χ4n) is 3.71. The number of anilines is 1. The molecule has 0 atom stereocenters. The van der Waals surface area contributed by atoms with E-state index in [1.165, 1.54) is 19.3 Å². The molecule has 4 rings (SSSR count). The molecule has 1 aliphatic carbocycles. The van der Waals surface area contributed by atoms with E-state index < -0.39 is 0 Å². The first-order valence-corrected chi connectivity index (χ1v) is 7.33. The zero-order valence-corrected chi connectivity index (χ0v) is 18.5. The first-order valence-electron chi connectivity index (χ1n) is 7.33. The first kappa shape index (κ1) is 18.9. The summed E-state index contributed by atoms with van der Waals surface area (Å²) < 4.78 is 5.73. The molecule has 1 spiro atoms. The predicted molar refractivity (Wildman–Crippen MR) is 80.5 cm³/mol. The molecule has 6 heteroatoms. The third-order valence-electron chi connectivity index (χ3n) is 4.56. The van der Waals surface area contributed by atoms with Crippen LogP contribution < -0.4 is 10.6 Å². The molecule has 1 aromatic carbocycles. The van der Waals surface area contributed by atoms with Gasteiger partial charge in [-0.2, -0.15) is 17.5 Å². The molecule has 0 bridgehead atoms. The standard InChI is InChI=1S/C17H16N2O2.W.Y/c1-11-18-14-6-5-12-9-13(10-20)21-16(12)15(14)17(19-11)7-3-2-4-8-17;;/h5,9,18-19H,1-4,7-8H2;;/q-2;;. The minimum Gasteiger partial charge on any atom is -0.519 e. The van der Waals surface area contributed by atoms with Crippen LogP contribution in [0.2, 0.25) is 0 Å². The monoisotopic (exact) mass is 553 g/mol. The quantitative estimate of drug-likeness (QED) is 0.533. The molecule has 2 heterocycles. The van der Waals surface area contributed by atoms with Crippen molar-refractivity contribution in [2.24, 2.45) is 0 Å². The van der Waals surface area contributed by atoms with Crippen LogP contribution in [0.15, 0.2) is 28.9 Å². The van der Waals surface area contributed by atoms with Gasteiger partial charge in [0, 0.05) is 71.2 Å². The Kier molecular flexibility index (Phi) is 5.92. The minimum absolute atomic E-state index is 0. The zero-order valence-electron chi connectivity index (χ0n) is 12.7. The van der Waals surface area contributed by atoms with Gasteiger partial charge in [-0.1, -0.05) is 37.1 Å². The van der Waals surface area contributed by atoms with E-state index >= 15 is 0 Å². The van der Waals surface area contributed by atoms with Crippen LogP contribution in [0.3, 0.4) is 0 Å². The van der Waals surface area contributed by atoms with Gasteiger partial charge in [-0.15, -0.1) is 0 Å². The van der Waals surface area contributed by atoms with Crippen molar-refractivity contribution in [2.75, 3.05) is 5.32 Å². The van der Waals surface area contributed by atoms with E-state index in [0.717, 1.165) is 40.9 Å². The van der Waals surface area contributed by atoms with Crippen LogP contribution >= 0.6 is 0 Å². The van der Waals surface area contributed by atoms with Gasteiger partial charge in [0.25, 0.3) is 0 Å². The molecule has 2 aromatic rings. The van der Waals surface area contributed by atoms with Crippen LogP contribution in [-0.2, 0) is 64.1 Å². The maximum absolute atomic E-state index is 10.9. The maximum atomic E-state index is 10.9. The molecule has 0 saturated heterocycles. The van der Waals surface area contributed by atoms with Crippen molar-refractivity contribution in [2.45, 2.75) is 37.6 Å². The molecule has 0 unspecified atom stereocenters. The molecule has 1 aromatic heterocycles. The third-order valence-corrected chi connectivity index (χ3v) is 4.56. The largest absolute Gasteiger partial charge is 0.519 e. The zero-order chi connectivity index (χ0) is 14.4. The van der Waals surface area contributed by atoms with Crippen LogP contribution in [0.1, 0.15) is 43.4 Å². The average Bonchev–Trinajstić information content (AvgIpc) is 2.90. The normalized spacial score (nSPS) is 18.2. The molecular formula is C17H16N2O2WY-2. The average molecular weight is 553 g/mol. The van der Waals surface area contributed by atoms with Gasteiger partial charge in [-0.25, -0.2) is 6.07 Å². The van der Waals surface area contributed by atoms with E-state index in [9.17, 15) is 4.79 Å². The Morgan fingerprint density at radius 1 is 1.30 bits per heavy atom. The van der Waals surface area contributed by atoms with Crippen LogP contribution in [0.5, 0.6) is 0 Å². The number of benzene rings is 1. The van der Waals surface area contributed by atoms with Crippen molar-refractivity contribution in [3.05, 3.63) is 41.9 Å². The smallest absolute Gasteiger partial charge is 0.0937 e. The van der Waals surface area contributed by atoms with Crippen molar-refractivity contribution in [3.8, 4) is 0 Å². The minimum atomic E-state index is -0.163. The van der Waals surface area contributed by atoms with Gasteiger partial charge in [-0.3, -0.25) is 0 Å². The van der Waals surface area contributed by atoms with Gasteiger partial charge in [0.05, 0.1) is 5.82 Å². The molecule has 2 aliphatic rings. The van der Waals surface area contributed by atoms with Crippen molar-refractivity contribution in [1.29, 1.82) is 0 Å².